The van der Waals surface area contributed by atoms with E-state index < -0.39 is 23.2 Å². The molecule has 19 heavy (non-hydrogen) atoms. The van der Waals surface area contributed by atoms with Gasteiger partial charge in [-0.25, -0.2) is 0 Å². The van der Waals surface area contributed by atoms with Gasteiger partial charge in [0, 0.05) is 6.20 Å². The van der Waals surface area contributed by atoms with E-state index in [0.29, 0.717) is 0 Å². The first-order valence-electron chi connectivity index (χ1n) is 5.35. The molecule has 1 heterocycles. The highest BCUT2D eigenvalue weighted by molar-refractivity contribution is 5.94. The number of phenols is 3. The van der Waals surface area contributed by atoms with Crippen molar-refractivity contribution >= 4 is 12.1 Å². The fourth-order valence-corrected chi connectivity index (χ4v) is 1.42. The minimum atomic E-state index is -0.664. The molecule has 98 valence electrons. The maximum atomic E-state index is 11.7. The van der Waals surface area contributed by atoms with Crippen LogP contribution in [0.1, 0.15) is 16.1 Å². The number of hydrazine groups is 1. The zero-order valence-electron chi connectivity index (χ0n) is 9.71. The number of H-pyrrole nitrogens is 1. The molecular weight excluding hydrogens is 250 g/mol. The van der Waals surface area contributed by atoms with Crippen molar-refractivity contribution in [3.8, 4) is 17.2 Å². The fraction of sp³-hybridized carbons (Fsp3) is 0. The lowest BCUT2D eigenvalue weighted by molar-refractivity contribution is -0.503. The normalized spacial score (nSPS) is 10.7. The molecule has 0 aliphatic rings. The number of hydrogen-bond donors (Lipinski definition) is 6. The predicted octanol–water partition coefficient (Wildman–Crippen LogP) is -1.02. The Morgan fingerprint density at radius 3 is 2.53 bits per heavy atom. The molecule has 0 bridgehead atoms. The van der Waals surface area contributed by atoms with Gasteiger partial charge in [0.1, 0.15) is 5.69 Å². The van der Waals surface area contributed by atoms with Gasteiger partial charge in [0.25, 0.3) is 0 Å². The Bertz CT molecular complexity index is 597. The van der Waals surface area contributed by atoms with Crippen molar-refractivity contribution in [1.29, 1.82) is 0 Å². The largest absolute Gasteiger partial charge is 0.504 e. The smallest absolute Gasteiger partial charge is 0.305 e. The zero-order valence-corrected chi connectivity index (χ0v) is 9.71. The Balaban J connectivity index is 2.08. The summed E-state index contributed by atoms with van der Waals surface area (Å²) in [5.41, 5.74) is 3.10. The van der Waals surface area contributed by atoms with Gasteiger partial charge in [0.05, 0.1) is 5.56 Å². The summed E-state index contributed by atoms with van der Waals surface area (Å²) < 4.78 is 0. The zero-order chi connectivity index (χ0) is 13.8. The molecule has 2 rings (SSSR count). The van der Waals surface area contributed by atoms with E-state index >= 15 is 0 Å². The molecule has 0 aliphatic carbocycles. The van der Waals surface area contributed by atoms with Gasteiger partial charge in [-0.3, -0.25) is 4.79 Å². The van der Waals surface area contributed by atoms with Gasteiger partial charge in [-0.1, -0.05) is 0 Å². The van der Waals surface area contributed by atoms with Gasteiger partial charge in [-0.2, -0.15) is 0 Å². The number of aromatic nitrogens is 1. The third-order valence-electron chi connectivity index (χ3n) is 2.37. The number of aromatic amines is 1. The summed E-state index contributed by atoms with van der Waals surface area (Å²) in [7, 11) is 0. The van der Waals surface area contributed by atoms with Crippen LogP contribution >= 0.6 is 0 Å². The van der Waals surface area contributed by atoms with Crippen LogP contribution in [0.25, 0.3) is 0 Å². The molecule has 0 atom stereocenters. The second-order valence-corrected chi connectivity index (χ2v) is 3.73. The maximum Gasteiger partial charge on any atom is 0.305 e. The topological polar surface area (TPSA) is 120 Å². The number of carbonyl (C=O) groups excluding carboxylic acids is 1. The number of carbonyl (C=O) groups is 1. The Hall–Kier alpha value is -2.96. The molecule has 2 aromatic rings. The van der Waals surface area contributed by atoms with Gasteiger partial charge >= 0.3 is 5.91 Å². The van der Waals surface area contributed by atoms with Gasteiger partial charge in [0.15, 0.2) is 17.2 Å². The fourth-order valence-electron chi connectivity index (χ4n) is 1.42. The van der Waals surface area contributed by atoms with Crippen LogP contribution in [0.15, 0.2) is 30.5 Å². The Morgan fingerprint density at radius 2 is 1.95 bits per heavy atom. The van der Waals surface area contributed by atoms with E-state index in [1.807, 2.05) is 0 Å². The van der Waals surface area contributed by atoms with Gasteiger partial charge < -0.3 is 20.3 Å². The van der Waals surface area contributed by atoms with E-state index in [9.17, 15) is 15.0 Å². The summed E-state index contributed by atoms with van der Waals surface area (Å²) in [6.07, 6.45) is 3.25. The summed E-state index contributed by atoms with van der Waals surface area (Å²) in [4.78, 5) is 14.6. The van der Waals surface area contributed by atoms with Crippen LogP contribution in [0.4, 0.5) is 0 Å². The number of aromatic hydroxyl groups is 3. The quantitative estimate of drug-likeness (QED) is 0.241. The Kier molecular flexibility index (Phi) is 3.37. The molecule has 0 aliphatic heterocycles. The summed E-state index contributed by atoms with van der Waals surface area (Å²) in [5, 5.41) is 30.3. The molecule has 1 aromatic carbocycles. The summed E-state index contributed by atoms with van der Waals surface area (Å²) in [5.74, 6) is -2.38. The predicted molar refractivity (Wildman–Crippen MR) is 65.8 cm³/mol. The molecule has 0 fully saturated rings. The lowest BCUT2D eigenvalue weighted by Gasteiger charge is -2.02. The summed E-state index contributed by atoms with van der Waals surface area (Å²) in [6.45, 7) is 0. The summed E-state index contributed by atoms with van der Waals surface area (Å²) >= 11 is 0. The molecule has 7 nitrogen and oxygen atoms in total. The second-order valence-electron chi connectivity index (χ2n) is 3.73. The Labute approximate surface area is 107 Å². The van der Waals surface area contributed by atoms with Crippen molar-refractivity contribution in [2.24, 2.45) is 0 Å². The lowest BCUT2D eigenvalue weighted by Crippen LogP contribution is -2.81. The average Bonchev–Trinajstić information content (AvgIpc) is 2.88. The van der Waals surface area contributed by atoms with Gasteiger partial charge in [0.2, 0.25) is 6.21 Å². The monoisotopic (exact) mass is 262 g/mol. The van der Waals surface area contributed by atoms with Crippen LogP contribution in [0.5, 0.6) is 17.2 Å². The van der Waals surface area contributed by atoms with E-state index in [2.05, 4.69) is 15.5 Å². The van der Waals surface area contributed by atoms with Crippen LogP contribution in [-0.2, 0) is 0 Å². The van der Waals surface area contributed by atoms with Gasteiger partial charge in [-0.15, -0.1) is 10.5 Å². The van der Waals surface area contributed by atoms with E-state index in [1.54, 1.807) is 18.3 Å². The maximum absolute atomic E-state index is 11.7. The third kappa shape index (κ3) is 2.83. The first kappa shape index (κ1) is 12.5. The Morgan fingerprint density at radius 1 is 1.26 bits per heavy atom. The average molecular weight is 262 g/mol. The van der Waals surface area contributed by atoms with Crippen LogP contribution in [-0.4, -0.2) is 32.4 Å². The van der Waals surface area contributed by atoms with Crippen molar-refractivity contribution in [3.05, 3.63) is 41.7 Å². The van der Waals surface area contributed by atoms with E-state index in [0.717, 1.165) is 17.8 Å². The molecule has 7 heteroatoms. The van der Waals surface area contributed by atoms with Gasteiger partial charge in [-0.05, 0) is 24.3 Å². The molecule has 0 radical (unpaired) electrons. The van der Waals surface area contributed by atoms with Crippen molar-refractivity contribution < 1.29 is 25.2 Å². The van der Waals surface area contributed by atoms with Crippen molar-refractivity contribution in [2.45, 2.75) is 0 Å². The van der Waals surface area contributed by atoms with Crippen LogP contribution in [0, 0.1) is 0 Å². The minimum absolute atomic E-state index is 0.000172. The number of benzene rings is 1. The third-order valence-corrected chi connectivity index (χ3v) is 2.37. The first-order valence-corrected chi connectivity index (χ1v) is 5.35. The molecule has 0 unspecified atom stereocenters. The summed E-state index contributed by atoms with van der Waals surface area (Å²) in [6, 6.07) is 5.67. The number of phenolic OH excluding ortho intramolecular Hbond substituents is 3. The van der Waals surface area contributed by atoms with Crippen LogP contribution < -0.4 is 10.5 Å². The lowest BCUT2D eigenvalue weighted by atomic mass is 10.2. The number of hydrazone groups is 1. The number of rotatable bonds is 3. The standard InChI is InChI=1S/C12H11N3O4/c16-9-4-7(5-10(17)11(9)18)12(19)15-14-6-8-2-1-3-13-8/h1-6,13,16-18H,(H,15,19)/p+1/b14-6+. The number of nitrogens with one attached hydrogen (secondary N) is 3. The van der Waals surface area contributed by atoms with E-state index in [4.69, 9.17) is 5.11 Å². The highest BCUT2D eigenvalue weighted by Crippen LogP contribution is 2.35. The minimum Gasteiger partial charge on any atom is -0.504 e. The van der Waals surface area contributed by atoms with E-state index in [-0.39, 0.29) is 5.56 Å². The number of hydrogen-bond acceptors (Lipinski definition) is 4. The van der Waals surface area contributed by atoms with Crippen LogP contribution in [0.2, 0.25) is 0 Å². The molecule has 1 aromatic heterocycles. The molecule has 6 N–H and O–H groups in total. The van der Waals surface area contributed by atoms with Crippen molar-refractivity contribution in [2.75, 3.05) is 0 Å². The SMILES string of the molecule is O=C(N/[NH+]=C/c1ccc[nH]1)c1cc(O)c(O)c(O)c1. The number of amides is 1. The second kappa shape index (κ2) is 5.13. The molecular formula is C12H12N3O4+. The highest BCUT2D eigenvalue weighted by atomic mass is 16.3. The van der Waals surface area contributed by atoms with E-state index in [1.165, 1.54) is 6.21 Å². The molecule has 0 spiro atoms. The van der Waals surface area contributed by atoms with Crippen molar-refractivity contribution in [1.82, 2.24) is 10.4 Å². The highest BCUT2D eigenvalue weighted by Gasteiger charge is 2.14. The first-order chi connectivity index (χ1) is 9.08. The molecule has 1 amide bonds. The molecule has 0 saturated carbocycles. The molecule has 0 saturated heterocycles. The van der Waals surface area contributed by atoms with Crippen molar-refractivity contribution in [3.63, 3.8) is 0 Å². The van der Waals surface area contributed by atoms with Crippen LogP contribution in [0.3, 0.4) is 0 Å².